The Morgan fingerprint density at radius 2 is 1.19 bits per heavy atom. The molecule has 0 saturated carbocycles. The molecule has 0 N–H and O–H groups in total. The summed E-state index contributed by atoms with van der Waals surface area (Å²) in [6, 6.07) is 12.5. The first kappa shape index (κ1) is 14.8. The van der Waals surface area contributed by atoms with Gasteiger partial charge in [0.25, 0.3) is 0 Å². The highest BCUT2D eigenvalue weighted by Gasteiger charge is 2.30. The molecule has 5 heteroatoms. The second-order valence-electron chi connectivity index (χ2n) is 4.23. The van der Waals surface area contributed by atoms with Crippen LogP contribution in [0.2, 0.25) is 0 Å². The number of hydrogen-bond acceptors (Lipinski definition) is 2. The van der Waals surface area contributed by atoms with Crippen LogP contribution in [0.5, 0.6) is 5.75 Å². The number of alkyl halides is 3. The zero-order valence-corrected chi connectivity index (χ0v) is 10.8. The number of carbonyl (C=O) groups is 1. The standard InChI is InChI=1S/C16H11F3O2/c17-16(18,19)21-15-9-7-13(8-10-15)2-1-12-3-5-14(11-20)6-4-12/h1-11H. The fourth-order valence-electron chi connectivity index (χ4n) is 1.66. The number of aldehydes is 1. The lowest BCUT2D eigenvalue weighted by molar-refractivity contribution is -0.274. The normalized spacial score (nSPS) is 11.6. The zero-order valence-electron chi connectivity index (χ0n) is 10.8. The van der Waals surface area contributed by atoms with Crippen molar-refractivity contribution in [2.75, 3.05) is 0 Å². The highest BCUT2D eigenvalue weighted by atomic mass is 19.4. The Labute approximate surface area is 119 Å². The maximum absolute atomic E-state index is 12.0. The van der Waals surface area contributed by atoms with Gasteiger partial charge in [-0.05, 0) is 23.3 Å². The van der Waals surface area contributed by atoms with Crippen LogP contribution in [-0.4, -0.2) is 12.6 Å². The SMILES string of the molecule is O=Cc1ccc(C=Cc2ccc(OC(F)(F)F)cc2)cc1. The summed E-state index contributed by atoms with van der Waals surface area (Å²) in [5, 5.41) is 0. The Kier molecular flexibility index (Phi) is 4.42. The van der Waals surface area contributed by atoms with Crippen LogP contribution in [-0.2, 0) is 0 Å². The van der Waals surface area contributed by atoms with Gasteiger partial charge < -0.3 is 4.74 Å². The molecule has 0 fully saturated rings. The van der Waals surface area contributed by atoms with Crippen LogP contribution in [0.3, 0.4) is 0 Å². The first-order chi connectivity index (χ1) is 9.96. The van der Waals surface area contributed by atoms with Crippen LogP contribution in [0.1, 0.15) is 21.5 Å². The van der Waals surface area contributed by atoms with Crippen LogP contribution in [0.4, 0.5) is 13.2 Å². The maximum Gasteiger partial charge on any atom is 0.573 e. The predicted molar refractivity (Wildman–Crippen MR) is 73.9 cm³/mol. The second-order valence-corrected chi connectivity index (χ2v) is 4.23. The summed E-state index contributed by atoms with van der Waals surface area (Å²) in [6.07, 6.45) is -0.369. The van der Waals surface area contributed by atoms with Crippen molar-refractivity contribution >= 4 is 18.4 Å². The molecule has 2 aromatic rings. The molecular formula is C16H11F3O2. The van der Waals surface area contributed by atoms with E-state index in [9.17, 15) is 18.0 Å². The smallest absolute Gasteiger partial charge is 0.406 e. The topological polar surface area (TPSA) is 26.3 Å². The minimum Gasteiger partial charge on any atom is -0.406 e. The van der Waals surface area contributed by atoms with Crippen molar-refractivity contribution in [3.63, 3.8) is 0 Å². The van der Waals surface area contributed by atoms with Gasteiger partial charge in [0.15, 0.2) is 0 Å². The third-order valence-corrected chi connectivity index (χ3v) is 2.65. The lowest BCUT2D eigenvalue weighted by Gasteiger charge is -2.08. The highest BCUT2D eigenvalue weighted by molar-refractivity contribution is 5.76. The summed E-state index contributed by atoms with van der Waals surface area (Å²) < 4.78 is 39.8. The Balaban J connectivity index is 2.05. The molecule has 0 spiro atoms. The third-order valence-electron chi connectivity index (χ3n) is 2.65. The summed E-state index contributed by atoms with van der Waals surface area (Å²) >= 11 is 0. The Hall–Kier alpha value is -2.56. The average Bonchev–Trinajstić information content (AvgIpc) is 2.45. The van der Waals surface area contributed by atoms with Gasteiger partial charge in [-0.25, -0.2) is 0 Å². The first-order valence-corrected chi connectivity index (χ1v) is 6.05. The van der Waals surface area contributed by atoms with E-state index >= 15 is 0 Å². The summed E-state index contributed by atoms with van der Waals surface area (Å²) in [5.74, 6) is -0.255. The molecule has 108 valence electrons. The molecule has 0 radical (unpaired) electrons. The van der Waals surface area contributed by atoms with Crippen LogP contribution in [0.15, 0.2) is 48.5 Å². The summed E-state index contributed by atoms with van der Waals surface area (Å²) in [4.78, 5) is 10.5. The fourth-order valence-corrected chi connectivity index (χ4v) is 1.66. The van der Waals surface area contributed by atoms with Crippen molar-refractivity contribution in [1.29, 1.82) is 0 Å². The van der Waals surface area contributed by atoms with Crippen molar-refractivity contribution in [2.24, 2.45) is 0 Å². The molecule has 0 aliphatic carbocycles. The number of ether oxygens (including phenoxy) is 1. The summed E-state index contributed by atoms with van der Waals surface area (Å²) in [5.41, 5.74) is 2.21. The molecule has 0 aliphatic heterocycles. The number of hydrogen-bond donors (Lipinski definition) is 0. The van der Waals surface area contributed by atoms with E-state index in [0.29, 0.717) is 5.56 Å². The van der Waals surface area contributed by atoms with Gasteiger partial charge >= 0.3 is 6.36 Å². The molecule has 0 amide bonds. The van der Waals surface area contributed by atoms with E-state index in [1.807, 2.05) is 0 Å². The minimum absolute atomic E-state index is 0.255. The number of benzene rings is 2. The van der Waals surface area contributed by atoms with Crippen molar-refractivity contribution in [2.45, 2.75) is 6.36 Å². The Bertz CT molecular complexity index is 626. The average molecular weight is 292 g/mol. The van der Waals surface area contributed by atoms with Gasteiger partial charge in [-0.1, -0.05) is 48.6 Å². The molecule has 2 nitrogen and oxygen atoms in total. The van der Waals surface area contributed by atoms with E-state index in [1.165, 1.54) is 24.3 Å². The monoisotopic (exact) mass is 292 g/mol. The zero-order chi connectivity index (χ0) is 15.3. The summed E-state index contributed by atoms with van der Waals surface area (Å²) in [7, 11) is 0. The molecule has 0 aromatic heterocycles. The number of halogens is 3. The first-order valence-electron chi connectivity index (χ1n) is 6.05. The molecule has 2 aromatic carbocycles. The molecule has 2 rings (SSSR count). The van der Waals surface area contributed by atoms with Gasteiger partial charge in [0, 0.05) is 5.56 Å². The van der Waals surface area contributed by atoms with Crippen LogP contribution in [0, 0.1) is 0 Å². The van der Waals surface area contributed by atoms with Crippen molar-refractivity contribution < 1.29 is 22.7 Å². The number of rotatable bonds is 4. The lowest BCUT2D eigenvalue weighted by atomic mass is 10.1. The van der Waals surface area contributed by atoms with Crippen LogP contribution in [0.25, 0.3) is 12.2 Å². The van der Waals surface area contributed by atoms with Gasteiger partial charge in [0.1, 0.15) is 12.0 Å². The van der Waals surface area contributed by atoms with Crippen molar-refractivity contribution in [3.05, 3.63) is 65.2 Å². The molecule has 0 atom stereocenters. The van der Waals surface area contributed by atoms with Crippen molar-refractivity contribution in [3.8, 4) is 5.75 Å². The quantitative estimate of drug-likeness (QED) is 0.609. The van der Waals surface area contributed by atoms with Crippen molar-refractivity contribution in [1.82, 2.24) is 0 Å². The van der Waals surface area contributed by atoms with E-state index in [2.05, 4.69) is 4.74 Å². The molecule has 0 heterocycles. The minimum atomic E-state index is -4.68. The van der Waals surface area contributed by atoms with E-state index in [-0.39, 0.29) is 5.75 Å². The molecule has 0 unspecified atom stereocenters. The van der Waals surface area contributed by atoms with Gasteiger partial charge in [-0.15, -0.1) is 13.2 Å². The van der Waals surface area contributed by atoms with Crippen LogP contribution < -0.4 is 4.74 Å². The highest BCUT2D eigenvalue weighted by Crippen LogP contribution is 2.23. The molecule has 21 heavy (non-hydrogen) atoms. The third kappa shape index (κ3) is 4.80. The molecular weight excluding hydrogens is 281 g/mol. The van der Waals surface area contributed by atoms with E-state index in [4.69, 9.17) is 0 Å². The fraction of sp³-hybridized carbons (Fsp3) is 0.0625. The largest absolute Gasteiger partial charge is 0.573 e. The Morgan fingerprint density at radius 1 is 0.762 bits per heavy atom. The Morgan fingerprint density at radius 3 is 1.62 bits per heavy atom. The maximum atomic E-state index is 12.0. The van der Waals surface area contributed by atoms with Gasteiger partial charge in [0.05, 0.1) is 0 Å². The van der Waals surface area contributed by atoms with E-state index in [1.54, 1.807) is 36.4 Å². The molecule has 0 bridgehead atoms. The lowest BCUT2D eigenvalue weighted by Crippen LogP contribution is -2.16. The molecule has 0 saturated heterocycles. The number of carbonyl (C=O) groups excluding carboxylic acids is 1. The van der Waals surface area contributed by atoms with E-state index in [0.717, 1.165) is 17.4 Å². The van der Waals surface area contributed by atoms with Crippen LogP contribution >= 0.6 is 0 Å². The second kappa shape index (κ2) is 6.26. The molecule has 0 aliphatic rings. The predicted octanol–water partition coefficient (Wildman–Crippen LogP) is 4.57. The van der Waals surface area contributed by atoms with Gasteiger partial charge in [-0.2, -0.15) is 0 Å². The van der Waals surface area contributed by atoms with Gasteiger partial charge in [-0.3, -0.25) is 4.79 Å². The van der Waals surface area contributed by atoms with E-state index < -0.39 is 6.36 Å². The summed E-state index contributed by atoms with van der Waals surface area (Å²) in [6.45, 7) is 0. The van der Waals surface area contributed by atoms with Gasteiger partial charge in [0.2, 0.25) is 0 Å².